The summed E-state index contributed by atoms with van der Waals surface area (Å²) < 4.78 is 10.1. The summed E-state index contributed by atoms with van der Waals surface area (Å²) in [5.74, 6) is 0.405. The zero-order valence-electron chi connectivity index (χ0n) is 7.50. The van der Waals surface area contributed by atoms with Crippen LogP contribution in [0.1, 0.15) is 19.3 Å². The molecule has 0 aromatic rings. The Bertz CT molecular complexity index is 214. The Balaban J connectivity index is 2.06. The van der Waals surface area contributed by atoms with Gasteiger partial charge in [-0.1, -0.05) is 0 Å². The lowest BCUT2D eigenvalue weighted by Gasteiger charge is -2.06. The Morgan fingerprint density at radius 1 is 1.50 bits per heavy atom. The summed E-state index contributed by atoms with van der Waals surface area (Å²) in [6.07, 6.45) is 3.22. The molecule has 0 aliphatic heterocycles. The minimum atomic E-state index is -0.143. The molecule has 0 N–H and O–H groups in total. The van der Waals surface area contributed by atoms with Crippen molar-refractivity contribution in [2.45, 2.75) is 25.4 Å². The van der Waals surface area contributed by atoms with Crippen LogP contribution in [-0.2, 0) is 14.3 Å². The SMILES string of the molecule is COC(=O)[C@]12CC[C@@H](OC)[C@H]1C2. The van der Waals surface area contributed by atoms with E-state index in [0.29, 0.717) is 12.0 Å². The summed E-state index contributed by atoms with van der Waals surface area (Å²) in [6, 6.07) is 0. The van der Waals surface area contributed by atoms with Crippen molar-refractivity contribution in [1.82, 2.24) is 0 Å². The zero-order valence-corrected chi connectivity index (χ0v) is 7.50. The van der Waals surface area contributed by atoms with Gasteiger partial charge in [0.25, 0.3) is 0 Å². The lowest BCUT2D eigenvalue weighted by molar-refractivity contribution is -0.147. The Hall–Kier alpha value is -0.570. The second-order valence-corrected chi connectivity index (χ2v) is 3.77. The number of fused-ring (bicyclic) bond motifs is 1. The summed E-state index contributed by atoms with van der Waals surface area (Å²) in [7, 11) is 3.18. The molecule has 0 bridgehead atoms. The van der Waals surface area contributed by atoms with E-state index in [1.807, 2.05) is 0 Å². The van der Waals surface area contributed by atoms with E-state index in [-0.39, 0.29) is 11.4 Å². The first-order valence-corrected chi connectivity index (χ1v) is 4.36. The fourth-order valence-electron chi connectivity index (χ4n) is 2.53. The number of carbonyl (C=O) groups is 1. The number of hydrogen-bond acceptors (Lipinski definition) is 3. The first-order valence-electron chi connectivity index (χ1n) is 4.36. The average molecular weight is 170 g/mol. The maximum absolute atomic E-state index is 11.4. The second kappa shape index (κ2) is 2.46. The number of esters is 1. The molecule has 0 heterocycles. The molecule has 3 atom stereocenters. The molecule has 0 amide bonds. The number of carbonyl (C=O) groups excluding carboxylic acids is 1. The van der Waals surface area contributed by atoms with Gasteiger partial charge in [-0.3, -0.25) is 4.79 Å². The standard InChI is InChI=1S/C9H14O3/c1-11-7-3-4-9(5-6(7)9)8(10)12-2/h6-7H,3-5H2,1-2H3/t6-,7-,9+/m1/s1. The lowest BCUT2D eigenvalue weighted by atomic mass is 10.1. The van der Waals surface area contributed by atoms with E-state index in [4.69, 9.17) is 9.47 Å². The topological polar surface area (TPSA) is 35.5 Å². The van der Waals surface area contributed by atoms with Crippen molar-refractivity contribution >= 4 is 5.97 Å². The predicted octanol–water partition coefficient (Wildman–Crippen LogP) is 0.974. The highest BCUT2D eigenvalue weighted by Crippen LogP contribution is 2.64. The van der Waals surface area contributed by atoms with Crippen LogP contribution in [0.3, 0.4) is 0 Å². The summed E-state index contributed by atoms with van der Waals surface area (Å²) in [4.78, 5) is 11.4. The number of methoxy groups -OCH3 is 2. The van der Waals surface area contributed by atoms with Crippen molar-refractivity contribution in [2.75, 3.05) is 14.2 Å². The van der Waals surface area contributed by atoms with Gasteiger partial charge in [0.1, 0.15) is 0 Å². The van der Waals surface area contributed by atoms with Gasteiger partial charge in [0.05, 0.1) is 18.6 Å². The van der Waals surface area contributed by atoms with Crippen LogP contribution >= 0.6 is 0 Å². The third-order valence-electron chi connectivity index (χ3n) is 3.35. The number of hydrogen-bond donors (Lipinski definition) is 0. The van der Waals surface area contributed by atoms with E-state index in [1.165, 1.54) is 7.11 Å². The smallest absolute Gasteiger partial charge is 0.312 e. The third-order valence-corrected chi connectivity index (χ3v) is 3.35. The maximum Gasteiger partial charge on any atom is 0.312 e. The second-order valence-electron chi connectivity index (χ2n) is 3.77. The molecule has 0 unspecified atom stereocenters. The van der Waals surface area contributed by atoms with Crippen LogP contribution < -0.4 is 0 Å². The first-order chi connectivity index (χ1) is 5.74. The van der Waals surface area contributed by atoms with Gasteiger partial charge in [0.15, 0.2) is 0 Å². The maximum atomic E-state index is 11.4. The van der Waals surface area contributed by atoms with Gasteiger partial charge in [-0.05, 0) is 19.3 Å². The van der Waals surface area contributed by atoms with E-state index < -0.39 is 0 Å². The van der Waals surface area contributed by atoms with E-state index in [9.17, 15) is 4.79 Å². The molecule has 0 aromatic heterocycles. The van der Waals surface area contributed by atoms with E-state index in [2.05, 4.69) is 0 Å². The lowest BCUT2D eigenvalue weighted by Crippen LogP contribution is -2.17. The molecule has 3 nitrogen and oxygen atoms in total. The van der Waals surface area contributed by atoms with Crippen LogP contribution in [0, 0.1) is 11.3 Å². The summed E-state index contributed by atoms with van der Waals surface area (Å²) in [6.45, 7) is 0. The predicted molar refractivity (Wildman–Crippen MR) is 42.6 cm³/mol. The van der Waals surface area contributed by atoms with Gasteiger partial charge in [-0.2, -0.15) is 0 Å². The zero-order chi connectivity index (χ0) is 8.77. The van der Waals surface area contributed by atoms with Crippen LogP contribution in [0.25, 0.3) is 0 Å². The molecule has 0 spiro atoms. The molecule has 2 rings (SSSR count). The Morgan fingerprint density at radius 2 is 2.25 bits per heavy atom. The quantitative estimate of drug-likeness (QED) is 0.579. The van der Waals surface area contributed by atoms with E-state index >= 15 is 0 Å². The molecular weight excluding hydrogens is 156 g/mol. The largest absolute Gasteiger partial charge is 0.469 e. The van der Waals surface area contributed by atoms with E-state index in [1.54, 1.807) is 7.11 Å². The van der Waals surface area contributed by atoms with Crippen molar-refractivity contribution < 1.29 is 14.3 Å². The van der Waals surface area contributed by atoms with E-state index in [0.717, 1.165) is 19.3 Å². The Labute approximate surface area is 72.0 Å². The van der Waals surface area contributed by atoms with Crippen molar-refractivity contribution in [3.8, 4) is 0 Å². The van der Waals surface area contributed by atoms with Crippen LogP contribution in [0.4, 0.5) is 0 Å². The number of ether oxygens (including phenoxy) is 2. The molecule has 12 heavy (non-hydrogen) atoms. The molecule has 2 saturated carbocycles. The van der Waals surface area contributed by atoms with Crippen LogP contribution in [0.2, 0.25) is 0 Å². The van der Waals surface area contributed by atoms with Crippen molar-refractivity contribution in [1.29, 1.82) is 0 Å². The average Bonchev–Trinajstić information content (AvgIpc) is 2.74. The van der Waals surface area contributed by atoms with Gasteiger partial charge in [0, 0.05) is 13.0 Å². The highest BCUT2D eigenvalue weighted by atomic mass is 16.5. The summed E-state index contributed by atoms with van der Waals surface area (Å²) in [5, 5.41) is 0. The van der Waals surface area contributed by atoms with Crippen molar-refractivity contribution in [3.63, 3.8) is 0 Å². The first kappa shape index (κ1) is 8.05. The van der Waals surface area contributed by atoms with Gasteiger partial charge in [0.2, 0.25) is 0 Å². The highest BCUT2D eigenvalue weighted by molar-refractivity contribution is 5.81. The molecule has 2 fully saturated rings. The summed E-state index contributed by atoms with van der Waals surface area (Å²) in [5.41, 5.74) is -0.143. The fourth-order valence-corrected chi connectivity index (χ4v) is 2.53. The molecule has 68 valence electrons. The van der Waals surface area contributed by atoms with Crippen LogP contribution in [-0.4, -0.2) is 26.3 Å². The molecule has 2 aliphatic carbocycles. The van der Waals surface area contributed by atoms with Gasteiger partial charge in [-0.15, -0.1) is 0 Å². The van der Waals surface area contributed by atoms with Crippen LogP contribution in [0.5, 0.6) is 0 Å². The Morgan fingerprint density at radius 3 is 2.67 bits per heavy atom. The third kappa shape index (κ3) is 0.829. The normalized spacial score (nSPS) is 43.8. The summed E-state index contributed by atoms with van der Waals surface area (Å²) >= 11 is 0. The van der Waals surface area contributed by atoms with Crippen molar-refractivity contribution in [3.05, 3.63) is 0 Å². The molecular formula is C9H14O3. The van der Waals surface area contributed by atoms with Crippen molar-refractivity contribution in [2.24, 2.45) is 11.3 Å². The molecule has 0 saturated heterocycles. The molecule has 0 radical (unpaired) electrons. The minimum Gasteiger partial charge on any atom is -0.469 e. The highest BCUT2D eigenvalue weighted by Gasteiger charge is 2.67. The van der Waals surface area contributed by atoms with Gasteiger partial charge in [-0.25, -0.2) is 0 Å². The van der Waals surface area contributed by atoms with Gasteiger partial charge < -0.3 is 9.47 Å². The molecule has 3 heteroatoms. The Kier molecular flexibility index (Phi) is 1.65. The van der Waals surface area contributed by atoms with Gasteiger partial charge >= 0.3 is 5.97 Å². The molecule has 0 aromatic carbocycles. The van der Waals surface area contributed by atoms with Crippen LogP contribution in [0.15, 0.2) is 0 Å². The minimum absolute atomic E-state index is 0.0351. The number of rotatable bonds is 2. The molecule has 2 aliphatic rings. The monoisotopic (exact) mass is 170 g/mol. The fraction of sp³-hybridized carbons (Fsp3) is 0.889.